The van der Waals surface area contributed by atoms with Gasteiger partial charge in [-0.15, -0.1) is 11.3 Å². The number of nitrogens with one attached hydrogen (secondary N) is 1. The predicted octanol–water partition coefficient (Wildman–Crippen LogP) is 0.830. The summed E-state index contributed by atoms with van der Waals surface area (Å²) in [5.74, 6) is 0. The molecule has 0 aromatic carbocycles. The average Bonchev–Trinajstić information content (AvgIpc) is 2.69. The van der Waals surface area contributed by atoms with E-state index in [4.69, 9.17) is 16.3 Å². The van der Waals surface area contributed by atoms with Crippen LogP contribution in [-0.2, 0) is 14.8 Å². The van der Waals surface area contributed by atoms with E-state index < -0.39 is 22.2 Å². The third-order valence-corrected chi connectivity index (χ3v) is 5.65. The Bertz CT molecular complexity index is 487. The van der Waals surface area contributed by atoms with Crippen LogP contribution >= 0.6 is 22.9 Å². The van der Waals surface area contributed by atoms with Crippen LogP contribution in [-0.4, -0.2) is 38.9 Å². The minimum atomic E-state index is -3.63. The first-order valence-electron chi connectivity index (χ1n) is 5.02. The maximum Gasteiger partial charge on any atom is 0.250 e. The fraction of sp³-hybridized carbons (Fsp3) is 0.556. The molecule has 0 bridgehead atoms. The van der Waals surface area contributed by atoms with Crippen LogP contribution in [0.1, 0.15) is 6.42 Å². The standard InChI is InChI=1S/C9H12ClNO4S2/c10-8-1-2-9(16-8)17(13,14)11-6-5-15-4-3-7(6)12/h1-2,6-7,11-12H,3-5H2/t6-,7-/m1/s1. The molecule has 0 saturated carbocycles. The smallest absolute Gasteiger partial charge is 0.250 e. The maximum absolute atomic E-state index is 11.9. The minimum Gasteiger partial charge on any atom is -0.391 e. The monoisotopic (exact) mass is 297 g/mol. The van der Waals surface area contributed by atoms with E-state index in [0.717, 1.165) is 11.3 Å². The van der Waals surface area contributed by atoms with Gasteiger partial charge in [0.05, 0.1) is 23.1 Å². The van der Waals surface area contributed by atoms with Gasteiger partial charge in [0.1, 0.15) is 4.21 Å². The summed E-state index contributed by atoms with van der Waals surface area (Å²) in [7, 11) is -3.63. The van der Waals surface area contributed by atoms with Gasteiger partial charge in [-0.2, -0.15) is 0 Å². The fourth-order valence-electron chi connectivity index (χ4n) is 1.54. The van der Waals surface area contributed by atoms with Crippen molar-refractivity contribution < 1.29 is 18.3 Å². The van der Waals surface area contributed by atoms with Crippen LogP contribution in [0.5, 0.6) is 0 Å². The zero-order valence-corrected chi connectivity index (χ0v) is 11.2. The SMILES string of the molecule is O=S(=O)(N[C@@H]1COCC[C@H]1O)c1ccc(Cl)s1. The highest BCUT2D eigenvalue weighted by Gasteiger charge is 2.29. The normalized spacial score (nSPS) is 26.0. The summed E-state index contributed by atoms with van der Waals surface area (Å²) in [5, 5.41) is 9.65. The number of thiophene rings is 1. The van der Waals surface area contributed by atoms with Gasteiger partial charge in [-0.05, 0) is 18.6 Å². The lowest BCUT2D eigenvalue weighted by Crippen LogP contribution is -2.49. The molecule has 0 aliphatic carbocycles. The number of rotatable bonds is 3. The molecule has 1 saturated heterocycles. The van der Waals surface area contributed by atoms with Crippen LogP contribution in [0.3, 0.4) is 0 Å². The minimum absolute atomic E-state index is 0.139. The Kier molecular flexibility index (Phi) is 4.06. The molecule has 2 heterocycles. The molecule has 1 aliphatic heterocycles. The zero-order chi connectivity index (χ0) is 12.5. The second kappa shape index (κ2) is 5.21. The van der Waals surface area contributed by atoms with Crippen molar-refractivity contribution in [3.63, 3.8) is 0 Å². The first-order chi connectivity index (χ1) is 7.99. The summed E-state index contributed by atoms with van der Waals surface area (Å²) in [4.78, 5) is 0. The van der Waals surface area contributed by atoms with Crippen molar-refractivity contribution in [1.29, 1.82) is 0 Å². The van der Waals surface area contributed by atoms with E-state index >= 15 is 0 Å². The molecule has 2 rings (SSSR count). The molecule has 17 heavy (non-hydrogen) atoms. The molecule has 2 atom stereocenters. The zero-order valence-electron chi connectivity index (χ0n) is 8.80. The van der Waals surface area contributed by atoms with E-state index in [9.17, 15) is 13.5 Å². The van der Waals surface area contributed by atoms with Gasteiger partial charge in [0.25, 0.3) is 10.0 Å². The molecule has 0 spiro atoms. The van der Waals surface area contributed by atoms with Crippen LogP contribution in [0.2, 0.25) is 4.34 Å². The number of sulfonamides is 1. The van der Waals surface area contributed by atoms with E-state index in [1.807, 2.05) is 0 Å². The molecule has 0 unspecified atom stereocenters. The first kappa shape index (κ1) is 13.3. The highest BCUT2D eigenvalue weighted by molar-refractivity contribution is 7.91. The van der Waals surface area contributed by atoms with Crippen molar-refractivity contribution in [2.75, 3.05) is 13.2 Å². The van der Waals surface area contributed by atoms with Gasteiger partial charge in [0, 0.05) is 6.61 Å². The summed E-state index contributed by atoms with van der Waals surface area (Å²) >= 11 is 6.67. The molecule has 0 amide bonds. The Balaban J connectivity index is 2.11. The molecule has 1 aromatic rings. The molecule has 1 aliphatic rings. The molecular formula is C9H12ClNO4S2. The van der Waals surface area contributed by atoms with Crippen molar-refractivity contribution in [3.8, 4) is 0 Å². The van der Waals surface area contributed by atoms with Crippen molar-refractivity contribution >= 4 is 33.0 Å². The van der Waals surface area contributed by atoms with Crippen LogP contribution in [0.15, 0.2) is 16.3 Å². The van der Waals surface area contributed by atoms with Gasteiger partial charge in [0.15, 0.2) is 0 Å². The fourth-order valence-corrected chi connectivity index (χ4v) is 4.29. The lowest BCUT2D eigenvalue weighted by Gasteiger charge is -2.27. The second-order valence-electron chi connectivity index (χ2n) is 3.72. The Hall–Kier alpha value is -0.180. The van der Waals surface area contributed by atoms with Gasteiger partial charge in [0.2, 0.25) is 0 Å². The second-order valence-corrected chi connectivity index (χ2v) is 7.37. The Labute approximate surface area is 108 Å². The number of halogens is 1. The van der Waals surface area contributed by atoms with Gasteiger partial charge >= 0.3 is 0 Å². The molecule has 5 nitrogen and oxygen atoms in total. The molecule has 8 heteroatoms. The van der Waals surface area contributed by atoms with Crippen LogP contribution in [0.4, 0.5) is 0 Å². The van der Waals surface area contributed by atoms with Crippen LogP contribution in [0, 0.1) is 0 Å². The molecular weight excluding hydrogens is 286 g/mol. The predicted molar refractivity (Wildman–Crippen MR) is 64.9 cm³/mol. The number of hydrogen-bond donors (Lipinski definition) is 2. The molecule has 1 aromatic heterocycles. The summed E-state index contributed by atoms with van der Waals surface area (Å²) in [6, 6.07) is 2.36. The lowest BCUT2D eigenvalue weighted by atomic mass is 10.1. The molecule has 0 radical (unpaired) electrons. The van der Waals surface area contributed by atoms with Gasteiger partial charge in [-0.1, -0.05) is 11.6 Å². The number of aliphatic hydroxyl groups is 1. The first-order valence-corrected chi connectivity index (χ1v) is 7.70. The highest BCUT2D eigenvalue weighted by Crippen LogP contribution is 2.26. The van der Waals surface area contributed by atoms with E-state index in [0.29, 0.717) is 17.4 Å². The Morgan fingerprint density at radius 3 is 2.88 bits per heavy atom. The Morgan fingerprint density at radius 2 is 2.29 bits per heavy atom. The maximum atomic E-state index is 11.9. The van der Waals surface area contributed by atoms with E-state index in [2.05, 4.69) is 4.72 Å². The number of aliphatic hydroxyl groups excluding tert-OH is 1. The summed E-state index contributed by atoms with van der Waals surface area (Å²) in [6.45, 7) is 0.629. The van der Waals surface area contributed by atoms with Crippen molar-refractivity contribution in [2.45, 2.75) is 22.8 Å². The Morgan fingerprint density at radius 1 is 1.53 bits per heavy atom. The van der Waals surface area contributed by atoms with E-state index in [-0.39, 0.29) is 10.8 Å². The number of ether oxygens (including phenoxy) is 1. The third-order valence-electron chi connectivity index (χ3n) is 2.44. The quantitative estimate of drug-likeness (QED) is 0.866. The van der Waals surface area contributed by atoms with Crippen molar-refractivity contribution in [3.05, 3.63) is 16.5 Å². The van der Waals surface area contributed by atoms with Gasteiger partial charge < -0.3 is 9.84 Å². The largest absolute Gasteiger partial charge is 0.391 e. The van der Waals surface area contributed by atoms with Crippen LogP contribution in [0.25, 0.3) is 0 Å². The van der Waals surface area contributed by atoms with Gasteiger partial charge in [-0.3, -0.25) is 0 Å². The average molecular weight is 298 g/mol. The third kappa shape index (κ3) is 3.18. The van der Waals surface area contributed by atoms with E-state index in [1.54, 1.807) is 0 Å². The molecule has 96 valence electrons. The summed E-state index contributed by atoms with van der Waals surface area (Å²) in [6.07, 6.45) is -0.285. The van der Waals surface area contributed by atoms with Crippen LogP contribution < -0.4 is 4.72 Å². The molecule has 2 N–H and O–H groups in total. The lowest BCUT2D eigenvalue weighted by molar-refractivity contribution is -0.00839. The molecule has 1 fully saturated rings. The van der Waals surface area contributed by atoms with Gasteiger partial charge in [-0.25, -0.2) is 13.1 Å². The highest BCUT2D eigenvalue weighted by atomic mass is 35.5. The van der Waals surface area contributed by atoms with Crippen molar-refractivity contribution in [1.82, 2.24) is 4.72 Å². The number of hydrogen-bond acceptors (Lipinski definition) is 5. The van der Waals surface area contributed by atoms with E-state index in [1.165, 1.54) is 12.1 Å². The topological polar surface area (TPSA) is 75.6 Å². The summed E-state index contributed by atoms with van der Waals surface area (Å²) < 4.78 is 32.0. The van der Waals surface area contributed by atoms with Crippen molar-refractivity contribution in [2.24, 2.45) is 0 Å². The summed E-state index contributed by atoms with van der Waals surface area (Å²) in [5.41, 5.74) is 0.